The Labute approximate surface area is 113 Å². The molecule has 0 spiro atoms. The third kappa shape index (κ3) is 3.16. The predicted molar refractivity (Wildman–Crippen MR) is 78.8 cm³/mol. The summed E-state index contributed by atoms with van der Waals surface area (Å²) in [6.45, 7) is 15.0. The van der Waals surface area contributed by atoms with Gasteiger partial charge in [-0.25, -0.2) is 0 Å². The summed E-state index contributed by atoms with van der Waals surface area (Å²) < 4.78 is 0. The molecule has 1 aliphatic carbocycles. The number of nitrogens with zero attached hydrogens (tertiary/aromatic N) is 1. The molecule has 0 amide bonds. The Kier molecular flexibility index (Phi) is 4.18. The topological polar surface area (TPSA) is 15.3 Å². The zero-order chi connectivity index (χ0) is 13.3. The maximum absolute atomic E-state index is 3.84. The van der Waals surface area contributed by atoms with Crippen LogP contribution in [0, 0.1) is 11.8 Å². The summed E-state index contributed by atoms with van der Waals surface area (Å²) in [7, 11) is 0. The van der Waals surface area contributed by atoms with E-state index in [9.17, 15) is 0 Å². The fourth-order valence-electron chi connectivity index (χ4n) is 3.21. The molecule has 2 fully saturated rings. The van der Waals surface area contributed by atoms with Gasteiger partial charge in [0.1, 0.15) is 0 Å². The van der Waals surface area contributed by atoms with Gasteiger partial charge in [0.15, 0.2) is 0 Å². The highest BCUT2D eigenvalue weighted by Crippen LogP contribution is 2.41. The first-order valence-corrected chi connectivity index (χ1v) is 7.55. The minimum absolute atomic E-state index is 0.362. The minimum Gasteiger partial charge on any atom is -0.308 e. The number of hydrogen-bond donors (Lipinski definition) is 1. The van der Waals surface area contributed by atoms with Crippen molar-refractivity contribution in [2.24, 2.45) is 11.8 Å². The van der Waals surface area contributed by atoms with Crippen molar-refractivity contribution < 1.29 is 0 Å². The van der Waals surface area contributed by atoms with Crippen LogP contribution in [0.1, 0.15) is 47.5 Å². The van der Waals surface area contributed by atoms with Crippen LogP contribution in [0.5, 0.6) is 0 Å². The highest BCUT2D eigenvalue weighted by molar-refractivity contribution is 5.06. The van der Waals surface area contributed by atoms with Gasteiger partial charge in [-0.15, -0.1) is 0 Å². The summed E-state index contributed by atoms with van der Waals surface area (Å²) in [5.41, 5.74) is 1.80. The Bertz CT molecular complexity index is 313. The van der Waals surface area contributed by atoms with Crippen molar-refractivity contribution in [3.63, 3.8) is 0 Å². The molecule has 2 nitrogen and oxygen atoms in total. The third-order valence-electron chi connectivity index (χ3n) is 4.70. The van der Waals surface area contributed by atoms with Crippen molar-refractivity contribution in [2.75, 3.05) is 19.6 Å². The zero-order valence-corrected chi connectivity index (χ0v) is 12.8. The molecule has 2 aliphatic rings. The number of nitrogens with one attached hydrogen (secondary N) is 1. The number of hydrogen-bond acceptors (Lipinski definition) is 2. The average molecular weight is 250 g/mol. The van der Waals surface area contributed by atoms with E-state index in [-0.39, 0.29) is 0 Å². The molecular formula is C16H30N2. The smallest absolute Gasteiger partial charge is 0.0309 e. The molecule has 2 heteroatoms. The zero-order valence-electron chi connectivity index (χ0n) is 12.8. The van der Waals surface area contributed by atoms with Crippen molar-refractivity contribution >= 4 is 0 Å². The van der Waals surface area contributed by atoms with E-state index in [4.69, 9.17) is 0 Å². The summed E-state index contributed by atoms with van der Waals surface area (Å²) in [4.78, 5) is 2.70. The Morgan fingerprint density at radius 1 is 1.39 bits per heavy atom. The van der Waals surface area contributed by atoms with Gasteiger partial charge in [-0.05, 0) is 45.4 Å². The van der Waals surface area contributed by atoms with Crippen molar-refractivity contribution in [1.29, 1.82) is 0 Å². The third-order valence-corrected chi connectivity index (χ3v) is 4.70. The molecule has 0 aromatic heterocycles. The Hall–Kier alpha value is -0.340. The molecule has 18 heavy (non-hydrogen) atoms. The fourth-order valence-corrected chi connectivity index (χ4v) is 3.21. The molecule has 1 saturated heterocycles. The van der Waals surface area contributed by atoms with Crippen LogP contribution < -0.4 is 5.32 Å². The summed E-state index contributed by atoms with van der Waals surface area (Å²) in [5.74, 6) is 1.65. The molecule has 2 unspecified atom stereocenters. The largest absolute Gasteiger partial charge is 0.308 e. The summed E-state index contributed by atoms with van der Waals surface area (Å²) in [6.07, 6.45) is 5.23. The van der Waals surface area contributed by atoms with Crippen LogP contribution in [0.25, 0.3) is 0 Å². The summed E-state index contributed by atoms with van der Waals surface area (Å²) in [5, 5.41) is 3.84. The molecule has 0 aromatic carbocycles. The van der Waals surface area contributed by atoms with Crippen LogP contribution in [0.4, 0.5) is 0 Å². The molecule has 2 rings (SSSR count). The monoisotopic (exact) mass is 250 g/mol. The summed E-state index contributed by atoms with van der Waals surface area (Å²) in [6, 6.07) is 0.687. The molecule has 2 atom stereocenters. The normalized spacial score (nSPS) is 33.8. The fraction of sp³-hybridized carbons (Fsp3) is 0.875. The van der Waals surface area contributed by atoms with Gasteiger partial charge in [0, 0.05) is 31.2 Å². The lowest BCUT2D eigenvalue weighted by Crippen LogP contribution is -2.65. The quantitative estimate of drug-likeness (QED) is 0.772. The van der Waals surface area contributed by atoms with E-state index in [1.54, 1.807) is 0 Å². The highest BCUT2D eigenvalue weighted by Gasteiger charge is 2.46. The van der Waals surface area contributed by atoms with Crippen LogP contribution in [0.15, 0.2) is 11.6 Å². The van der Waals surface area contributed by atoms with Gasteiger partial charge < -0.3 is 5.32 Å². The molecule has 0 aromatic rings. The lowest BCUT2D eigenvalue weighted by molar-refractivity contribution is 0.0622. The highest BCUT2D eigenvalue weighted by atomic mass is 15.3. The Morgan fingerprint density at radius 3 is 2.56 bits per heavy atom. The standard InChI is InChI=1S/C16H30N2/c1-12(2)8-9-18-11-16(5,14-6-7-14)17-10-15(18)13(3)4/h8,13-15,17H,6-7,9-11H2,1-5H3. The van der Waals surface area contributed by atoms with Gasteiger partial charge >= 0.3 is 0 Å². The molecule has 0 bridgehead atoms. The van der Waals surface area contributed by atoms with E-state index in [1.165, 1.54) is 25.0 Å². The second-order valence-electron chi connectivity index (χ2n) is 7.09. The Balaban J connectivity index is 2.05. The van der Waals surface area contributed by atoms with E-state index < -0.39 is 0 Å². The average Bonchev–Trinajstić information content (AvgIpc) is 3.09. The SMILES string of the molecule is CC(C)=CCN1CC(C)(C2CC2)NCC1C(C)C. The lowest BCUT2D eigenvalue weighted by Gasteiger charge is -2.48. The molecule has 1 aliphatic heterocycles. The molecule has 104 valence electrons. The number of allylic oxidation sites excluding steroid dienone is 1. The maximum Gasteiger partial charge on any atom is 0.0309 e. The molecule has 1 heterocycles. The van der Waals surface area contributed by atoms with Crippen LogP contribution in [0.2, 0.25) is 0 Å². The molecule has 1 saturated carbocycles. The van der Waals surface area contributed by atoms with Gasteiger partial charge in [0.25, 0.3) is 0 Å². The van der Waals surface area contributed by atoms with E-state index in [2.05, 4.69) is 50.9 Å². The van der Waals surface area contributed by atoms with E-state index in [0.717, 1.165) is 24.9 Å². The van der Waals surface area contributed by atoms with E-state index in [0.29, 0.717) is 11.6 Å². The first-order chi connectivity index (χ1) is 8.42. The van der Waals surface area contributed by atoms with Gasteiger partial charge in [-0.1, -0.05) is 25.5 Å². The Morgan fingerprint density at radius 2 is 2.06 bits per heavy atom. The van der Waals surface area contributed by atoms with Crippen molar-refractivity contribution in [3.05, 3.63) is 11.6 Å². The maximum atomic E-state index is 3.84. The predicted octanol–water partition coefficient (Wildman–Crippen LogP) is 3.05. The van der Waals surface area contributed by atoms with Crippen molar-refractivity contribution in [1.82, 2.24) is 10.2 Å². The number of rotatable bonds is 4. The molecular weight excluding hydrogens is 220 g/mol. The second-order valence-corrected chi connectivity index (χ2v) is 7.09. The van der Waals surface area contributed by atoms with Crippen LogP contribution >= 0.6 is 0 Å². The lowest BCUT2D eigenvalue weighted by atomic mass is 9.88. The van der Waals surface area contributed by atoms with Gasteiger partial charge in [-0.3, -0.25) is 4.90 Å². The van der Waals surface area contributed by atoms with Crippen molar-refractivity contribution in [3.8, 4) is 0 Å². The first kappa shape index (κ1) is 14.1. The van der Waals surface area contributed by atoms with Crippen LogP contribution in [-0.4, -0.2) is 36.1 Å². The van der Waals surface area contributed by atoms with Crippen LogP contribution in [0.3, 0.4) is 0 Å². The van der Waals surface area contributed by atoms with Crippen molar-refractivity contribution in [2.45, 2.75) is 59.0 Å². The number of piperazine rings is 1. The minimum atomic E-state index is 0.362. The molecule has 0 radical (unpaired) electrons. The van der Waals surface area contributed by atoms with Gasteiger partial charge in [0.2, 0.25) is 0 Å². The van der Waals surface area contributed by atoms with E-state index in [1.807, 2.05) is 0 Å². The molecule has 1 N–H and O–H groups in total. The van der Waals surface area contributed by atoms with Gasteiger partial charge in [-0.2, -0.15) is 0 Å². The van der Waals surface area contributed by atoms with E-state index >= 15 is 0 Å². The second kappa shape index (κ2) is 5.34. The van der Waals surface area contributed by atoms with Crippen LogP contribution in [-0.2, 0) is 0 Å². The first-order valence-electron chi connectivity index (χ1n) is 7.55. The summed E-state index contributed by atoms with van der Waals surface area (Å²) >= 11 is 0. The van der Waals surface area contributed by atoms with Gasteiger partial charge in [0.05, 0.1) is 0 Å².